The molecule has 3 rings (SSSR count). The quantitative estimate of drug-likeness (QED) is 0.762. The van der Waals surface area contributed by atoms with E-state index >= 15 is 0 Å². The van der Waals surface area contributed by atoms with Gasteiger partial charge < -0.3 is 4.74 Å². The lowest BCUT2D eigenvalue weighted by Gasteiger charge is -2.25. The molecule has 11 heteroatoms. The van der Waals surface area contributed by atoms with Gasteiger partial charge in [0.05, 0.1) is 18.1 Å². The van der Waals surface area contributed by atoms with Gasteiger partial charge in [-0.15, -0.1) is 11.3 Å². The van der Waals surface area contributed by atoms with Crippen LogP contribution in [0, 0.1) is 5.82 Å². The first-order valence-corrected chi connectivity index (χ1v) is 11.4. The minimum Gasteiger partial charge on any atom is -0.379 e. The van der Waals surface area contributed by atoms with Crippen LogP contribution in [-0.4, -0.2) is 47.4 Å². The minimum atomic E-state index is -3.81. The summed E-state index contributed by atoms with van der Waals surface area (Å²) in [6.07, 6.45) is 0. The van der Waals surface area contributed by atoms with Crippen LogP contribution < -0.4 is 4.72 Å². The summed E-state index contributed by atoms with van der Waals surface area (Å²) in [4.78, 5) is 0.499. The van der Waals surface area contributed by atoms with E-state index in [0.29, 0.717) is 31.2 Å². The highest BCUT2D eigenvalue weighted by atomic mass is 32.2. The Hall–Kier alpha value is -1.37. The van der Waals surface area contributed by atoms with E-state index in [1.165, 1.54) is 22.5 Å². The van der Waals surface area contributed by atoms with Crippen LogP contribution in [0.4, 0.5) is 4.39 Å². The first kappa shape index (κ1) is 19.4. The van der Waals surface area contributed by atoms with Crippen LogP contribution in [0.25, 0.3) is 0 Å². The van der Waals surface area contributed by atoms with Crippen molar-refractivity contribution in [3.63, 3.8) is 0 Å². The monoisotopic (exact) mass is 420 g/mol. The first-order valence-electron chi connectivity index (χ1n) is 7.71. The Balaban J connectivity index is 1.69. The molecule has 142 valence electrons. The van der Waals surface area contributed by atoms with Crippen molar-refractivity contribution < 1.29 is 26.0 Å². The average Bonchev–Trinajstić information content (AvgIpc) is 3.11. The molecule has 0 spiro atoms. The van der Waals surface area contributed by atoms with Gasteiger partial charge in [0, 0.05) is 24.5 Å². The number of morpholine rings is 1. The standard InChI is InChI=1S/C15H17FN2O5S3/c16-12-1-4-14(5-2-12)25(19,20)17-11-13-3-6-15(24-13)26(21,22)18-7-9-23-10-8-18/h1-6,17H,7-11H2. The number of halogens is 1. The van der Waals surface area contributed by atoms with Crippen molar-refractivity contribution in [3.05, 3.63) is 47.1 Å². The first-order chi connectivity index (χ1) is 12.3. The van der Waals surface area contributed by atoms with Crippen LogP contribution in [0.2, 0.25) is 0 Å². The zero-order chi connectivity index (χ0) is 18.8. The number of hydrogen-bond acceptors (Lipinski definition) is 6. The van der Waals surface area contributed by atoms with Crippen molar-refractivity contribution in [1.29, 1.82) is 0 Å². The fourth-order valence-corrected chi connectivity index (χ4v) is 6.33. The van der Waals surface area contributed by atoms with Crippen LogP contribution in [0.5, 0.6) is 0 Å². The molecule has 1 N–H and O–H groups in total. The number of benzene rings is 1. The van der Waals surface area contributed by atoms with Gasteiger partial charge in [-0.2, -0.15) is 4.31 Å². The zero-order valence-corrected chi connectivity index (χ0v) is 16.0. The van der Waals surface area contributed by atoms with Crippen molar-refractivity contribution in [2.45, 2.75) is 15.6 Å². The fraction of sp³-hybridized carbons (Fsp3) is 0.333. The number of hydrogen-bond donors (Lipinski definition) is 1. The van der Waals surface area contributed by atoms with E-state index in [-0.39, 0.29) is 15.6 Å². The van der Waals surface area contributed by atoms with Gasteiger partial charge in [-0.1, -0.05) is 0 Å². The average molecular weight is 421 g/mol. The third-order valence-corrected chi connectivity index (χ3v) is 8.63. The van der Waals surface area contributed by atoms with Gasteiger partial charge in [0.15, 0.2) is 0 Å². The normalized spacial score (nSPS) is 16.7. The van der Waals surface area contributed by atoms with E-state index in [2.05, 4.69) is 4.72 Å². The molecular formula is C15H17FN2O5S3. The Bertz CT molecular complexity index is 965. The van der Waals surface area contributed by atoms with E-state index in [1.807, 2.05) is 0 Å². The molecule has 1 aliphatic heterocycles. The molecule has 1 aliphatic rings. The number of nitrogens with one attached hydrogen (secondary N) is 1. The molecule has 1 saturated heterocycles. The second-order valence-corrected chi connectivity index (χ2v) is 10.6. The lowest BCUT2D eigenvalue weighted by atomic mass is 10.4. The molecule has 2 aromatic rings. The molecular weight excluding hydrogens is 403 g/mol. The smallest absolute Gasteiger partial charge is 0.252 e. The number of rotatable bonds is 6. The van der Waals surface area contributed by atoms with Crippen LogP contribution in [0.3, 0.4) is 0 Å². The Morgan fingerprint density at radius 3 is 2.35 bits per heavy atom. The van der Waals surface area contributed by atoms with E-state index in [1.54, 1.807) is 6.07 Å². The lowest BCUT2D eigenvalue weighted by Crippen LogP contribution is -2.40. The van der Waals surface area contributed by atoms with Crippen LogP contribution in [0.1, 0.15) is 4.88 Å². The highest BCUT2D eigenvalue weighted by molar-refractivity contribution is 7.91. The molecule has 0 radical (unpaired) electrons. The van der Waals surface area contributed by atoms with Crippen molar-refractivity contribution >= 4 is 31.4 Å². The molecule has 26 heavy (non-hydrogen) atoms. The number of ether oxygens (including phenoxy) is 1. The molecule has 1 aromatic heterocycles. The summed E-state index contributed by atoms with van der Waals surface area (Å²) < 4.78 is 71.5. The topological polar surface area (TPSA) is 92.8 Å². The summed E-state index contributed by atoms with van der Waals surface area (Å²) >= 11 is 1.01. The maximum atomic E-state index is 12.9. The summed E-state index contributed by atoms with van der Waals surface area (Å²) in [5.74, 6) is -0.528. The van der Waals surface area contributed by atoms with Gasteiger partial charge in [0.1, 0.15) is 10.0 Å². The second kappa shape index (κ2) is 7.71. The number of nitrogens with zero attached hydrogens (tertiary/aromatic N) is 1. The Kier molecular flexibility index (Phi) is 5.75. The van der Waals surface area contributed by atoms with E-state index in [0.717, 1.165) is 23.5 Å². The highest BCUT2D eigenvalue weighted by Crippen LogP contribution is 2.26. The van der Waals surface area contributed by atoms with Gasteiger partial charge in [-0.3, -0.25) is 0 Å². The molecule has 0 unspecified atom stereocenters. The number of thiophene rings is 1. The number of sulfonamides is 2. The molecule has 2 heterocycles. The molecule has 7 nitrogen and oxygen atoms in total. The molecule has 0 aliphatic carbocycles. The largest absolute Gasteiger partial charge is 0.379 e. The molecule has 0 bridgehead atoms. The minimum absolute atomic E-state index is 0.0526. The molecule has 0 atom stereocenters. The molecule has 0 amide bonds. The van der Waals surface area contributed by atoms with Gasteiger partial charge in [0.2, 0.25) is 10.0 Å². The summed E-state index contributed by atoms with van der Waals surface area (Å²) in [6, 6.07) is 7.50. The fourth-order valence-electron chi connectivity index (χ4n) is 2.37. The molecule has 0 saturated carbocycles. The SMILES string of the molecule is O=S(=O)(NCc1ccc(S(=O)(=O)N2CCOCC2)s1)c1ccc(F)cc1. The van der Waals surface area contributed by atoms with E-state index < -0.39 is 25.9 Å². The van der Waals surface area contributed by atoms with Gasteiger partial charge >= 0.3 is 0 Å². The van der Waals surface area contributed by atoms with Gasteiger partial charge in [-0.25, -0.2) is 25.9 Å². The zero-order valence-electron chi connectivity index (χ0n) is 13.6. The van der Waals surface area contributed by atoms with E-state index in [4.69, 9.17) is 4.74 Å². The van der Waals surface area contributed by atoms with Crippen molar-refractivity contribution in [2.24, 2.45) is 0 Å². The van der Waals surface area contributed by atoms with Crippen LogP contribution >= 0.6 is 11.3 Å². The summed E-state index contributed by atoms with van der Waals surface area (Å²) in [5, 5.41) is 0. The molecule has 1 aromatic carbocycles. The lowest BCUT2D eigenvalue weighted by molar-refractivity contribution is 0.0731. The van der Waals surface area contributed by atoms with Gasteiger partial charge in [-0.05, 0) is 36.4 Å². The van der Waals surface area contributed by atoms with Gasteiger partial charge in [0.25, 0.3) is 10.0 Å². The predicted molar refractivity (Wildman–Crippen MR) is 94.3 cm³/mol. The van der Waals surface area contributed by atoms with Crippen LogP contribution in [0.15, 0.2) is 45.5 Å². The van der Waals surface area contributed by atoms with Crippen molar-refractivity contribution in [2.75, 3.05) is 26.3 Å². The molecule has 1 fully saturated rings. The summed E-state index contributed by atoms with van der Waals surface area (Å²) in [7, 11) is -7.41. The summed E-state index contributed by atoms with van der Waals surface area (Å²) in [6.45, 7) is 1.26. The Morgan fingerprint density at radius 1 is 1.04 bits per heavy atom. The maximum absolute atomic E-state index is 12.9. The van der Waals surface area contributed by atoms with Crippen molar-refractivity contribution in [1.82, 2.24) is 9.03 Å². The van der Waals surface area contributed by atoms with Crippen molar-refractivity contribution in [3.8, 4) is 0 Å². The Labute approximate surface area is 155 Å². The maximum Gasteiger partial charge on any atom is 0.252 e. The van der Waals surface area contributed by atoms with Crippen LogP contribution in [-0.2, 0) is 31.3 Å². The highest BCUT2D eigenvalue weighted by Gasteiger charge is 2.27. The summed E-state index contributed by atoms with van der Waals surface area (Å²) in [5.41, 5.74) is 0. The van der Waals surface area contributed by atoms with E-state index in [9.17, 15) is 21.2 Å². The third-order valence-electron chi connectivity index (χ3n) is 3.76. The third kappa shape index (κ3) is 4.30. The Morgan fingerprint density at radius 2 is 1.69 bits per heavy atom. The second-order valence-electron chi connectivity index (χ2n) is 5.52. The predicted octanol–water partition coefficient (Wildman–Crippen LogP) is 1.39.